The van der Waals surface area contributed by atoms with Crippen LogP contribution in [0.1, 0.15) is 24.5 Å². The second-order valence-corrected chi connectivity index (χ2v) is 3.10. The Bertz CT molecular complexity index is 383. The van der Waals surface area contributed by atoms with Gasteiger partial charge in [-0.05, 0) is 6.54 Å². The fraction of sp³-hybridized carbons (Fsp3) is 0.300. The lowest BCUT2D eigenvalue weighted by Crippen LogP contribution is -2.24. The lowest BCUT2D eigenvalue weighted by atomic mass is 10.2. The van der Waals surface area contributed by atoms with Crippen LogP contribution >= 0.6 is 0 Å². The van der Waals surface area contributed by atoms with Gasteiger partial charge in [0.1, 0.15) is 11.9 Å². The average molecular weight is 203 g/mol. The van der Waals surface area contributed by atoms with E-state index in [0.717, 1.165) is 18.1 Å². The average Bonchev–Trinajstić information content (AvgIpc) is 2.80. The molecule has 15 heavy (non-hydrogen) atoms. The van der Waals surface area contributed by atoms with Crippen LogP contribution in [0.15, 0.2) is 31.0 Å². The fourth-order valence-corrected chi connectivity index (χ4v) is 1.44. The van der Waals surface area contributed by atoms with Crippen molar-refractivity contribution in [1.29, 1.82) is 0 Å². The monoisotopic (exact) mass is 203 g/mol. The van der Waals surface area contributed by atoms with Crippen LogP contribution in [0.4, 0.5) is 0 Å². The molecular formula is C10H13N5. The Kier molecular flexibility index (Phi) is 3.04. The third-order valence-electron chi connectivity index (χ3n) is 2.08. The molecule has 78 valence electrons. The first-order chi connectivity index (χ1) is 7.42. The Hall–Kier alpha value is -1.75. The number of aromatic amines is 1. The smallest absolute Gasteiger partial charge is 0.129 e. The highest BCUT2D eigenvalue weighted by Gasteiger charge is 2.16. The highest BCUT2D eigenvalue weighted by molar-refractivity contribution is 5.13. The molecule has 1 atom stereocenters. The number of H-pyrrole nitrogens is 1. The summed E-state index contributed by atoms with van der Waals surface area (Å²) in [5.74, 6) is 0.859. The van der Waals surface area contributed by atoms with Gasteiger partial charge in [0, 0.05) is 24.8 Å². The molecule has 0 amide bonds. The summed E-state index contributed by atoms with van der Waals surface area (Å²) < 4.78 is 0. The zero-order valence-corrected chi connectivity index (χ0v) is 8.51. The van der Waals surface area contributed by atoms with Gasteiger partial charge in [-0.25, -0.2) is 4.98 Å². The maximum absolute atomic E-state index is 4.27. The first-order valence-electron chi connectivity index (χ1n) is 4.90. The number of nitrogens with one attached hydrogen (secondary N) is 2. The zero-order valence-electron chi connectivity index (χ0n) is 8.51. The van der Waals surface area contributed by atoms with E-state index in [0.29, 0.717) is 0 Å². The second kappa shape index (κ2) is 4.65. The van der Waals surface area contributed by atoms with Crippen LogP contribution in [0.25, 0.3) is 0 Å². The third-order valence-corrected chi connectivity index (χ3v) is 2.08. The molecule has 1 unspecified atom stereocenters. The minimum Gasteiger partial charge on any atom is -0.347 e. The van der Waals surface area contributed by atoms with E-state index in [4.69, 9.17) is 0 Å². The molecule has 0 aliphatic carbocycles. The maximum atomic E-state index is 4.27. The summed E-state index contributed by atoms with van der Waals surface area (Å²) in [4.78, 5) is 15.6. The van der Waals surface area contributed by atoms with Gasteiger partial charge in [-0.1, -0.05) is 6.92 Å². The van der Waals surface area contributed by atoms with Gasteiger partial charge >= 0.3 is 0 Å². The van der Waals surface area contributed by atoms with Crippen molar-refractivity contribution in [2.75, 3.05) is 6.54 Å². The van der Waals surface area contributed by atoms with Crippen LogP contribution in [0.5, 0.6) is 0 Å². The molecule has 2 N–H and O–H groups in total. The molecule has 0 aliphatic rings. The van der Waals surface area contributed by atoms with Gasteiger partial charge in [0.05, 0.1) is 11.9 Å². The molecule has 0 aliphatic heterocycles. The summed E-state index contributed by atoms with van der Waals surface area (Å²) in [5.41, 5.74) is 0.870. The van der Waals surface area contributed by atoms with Crippen LogP contribution in [0.3, 0.4) is 0 Å². The highest BCUT2D eigenvalue weighted by Crippen LogP contribution is 2.14. The summed E-state index contributed by atoms with van der Waals surface area (Å²) >= 11 is 0. The largest absolute Gasteiger partial charge is 0.347 e. The van der Waals surface area contributed by atoms with Crippen LogP contribution in [-0.4, -0.2) is 26.5 Å². The van der Waals surface area contributed by atoms with Crippen molar-refractivity contribution >= 4 is 0 Å². The summed E-state index contributed by atoms with van der Waals surface area (Å²) in [6.45, 7) is 2.90. The van der Waals surface area contributed by atoms with Crippen LogP contribution < -0.4 is 5.32 Å². The number of rotatable bonds is 4. The van der Waals surface area contributed by atoms with Gasteiger partial charge in [0.25, 0.3) is 0 Å². The van der Waals surface area contributed by atoms with E-state index in [1.54, 1.807) is 31.0 Å². The Balaban J connectivity index is 2.28. The lowest BCUT2D eigenvalue weighted by molar-refractivity contribution is 0.587. The number of imidazole rings is 1. The molecule has 0 aromatic carbocycles. The first kappa shape index (κ1) is 9.79. The summed E-state index contributed by atoms with van der Waals surface area (Å²) in [6.07, 6.45) is 8.62. The molecule has 5 nitrogen and oxygen atoms in total. The van der Waals surface area contributed by atoms with Gasteiger partial charge in [-0.3, -0.25) is 9.97 Å². The van der Waals surface area contributed by atoms with Gasteiger partial charge in [-0.15, -0.1) is 0 Å². The minimum absolute atomic E-state index is 0.0151. The quantitative estimate of drug-likeness (QED) is 0.774. The molecule has 0 bridgehead atoms. The molecular weight excluding hydrogens is 190 g/mol. The van der Waals surface area contributed by atoms with E-state index < -0.39 is 0 Å². The predicted octanol–water partition coefficient (Wildman–Crippen LogP) is 0.899. The fourth-order valence-electron chi connectivity index (χ4n) is 1.44. The van der Waals surface area contributed by atoms with Crippen LogP contribution in [0.2, 0.25) is 0 Å². The van der Waals surface area contributed by atoms with Gasteiger partial charge < -0.3 is 10.3 Å². The molecule has 0 radical (unpaired) electrons. The van der Waals surface area contributed by atoms with Crippen LogP contribution in [-0.2, 0) is 0 Å². The number of nitrogens with zero attached hydrogens (tertiary/aromatic N) is 3. The van der Waals surface area contributed by atoms with E-state index >= 15 is 0 Å². The second-order valence-electron chi connectivity index (χ2n) is 3.10. The molecule has 2 heterocycles. The van der Waals surface area contributed by atoms with Crippen molar-refractivity contribution in [3.8, 4) is 0 Å². The van der Waals surface area contributed by atoms with Crippen LogP contribution in [0, 0.1) is 0 Å². The molecule has 0 saturated heterocycles. The summed E-state index contributed by atoms with van der Waals surface area (Å²) in [7, 11) is 0. The van der Waals surface area contributed by atoms with E-state index in [1.165, 1.54) is 0 Å². The van der Waals surface area contributed by atoms with E-state index in [2.05, 4.69) is 25.3 Å². The van der Waals surface area contributed by atoms with E-state index in [-0.39, 0.29) is 6.04 Å². The molecule has 2 aromatic heterocycles. The Morgan fingerprint density at radius 2 is 2.27 bits per heavy atom. The van der Waals surface area contributed by atoms with Crippen molar-refractivity contribution in [3.05, 3.63) is 42.5 Å². The Labute approximate surface area is 88.0 Å². The predicted molar refractivity (Wildman–Crippen MR) is 56.1 cm³/mol. The molecule has 2 rings (SSSR count). The van der Waals surface area contributed by atoms with E-state index in [1.807, 2.05) is 6.92 Å². The summed E-state index contributed by atoms with van der Waals surface area (Å²) in [5, 5.41) is 3.31. The molecule has 5 heteroatoms. The lowest BCUT2D eigenvalue weighted by Gasteiger charge is -2.13. The molecule has 0 saturated carbocycles. The van der Waals surface area contributed by atoms with Gasteiger partial charge in [0.15, 0.2) is 0 Å². The molecule has 0 fully saturated rings. The minimum atomic E-state index is -0.0151. The van der Waals surface area contributed by atoms with Crippen molar-refractivity contribution in [3.63, 3.8) is 0 Å². The van der Waals surface area contributed by atoms with E-state index in [9.17, 15) is 0 Å². The maximum Gasteiger partial charge on any atom is 0.129 e. The topological polar surface area (TPSA) is 66.5 Å². The number of aromatic nitrogens is 4. The van der Waals surface area contributed by atoms with Crippen molar-refractivity contribution < 1.29 is 0 Å². The van der Waals surface area contributed by atoms with Crippen molar-refractivity contribution in [2.24, 2.45) is 0 Å². The van der Waals surface area contributed by atoms with Gasteiger partial charge in [0.2, 0.25) is 0 Å². The third kappa shape index (κ3) is 2.19. The summed E-state index contributed by atoms with van der Waals surface area (Å²) in [6, 6.07) is -0.0151. The Morgan fingerprint density at radius 1 is 1.33 bits per heavy atom. The first-order valence-corrected chi connectivity index (χ1v) is 4.90. The Morgan fingerprint density at radius 3 is 2.87 bits per heavy atom. The van der Waals surface area contributed by atoms with Crippen molar-refractivity contribution in [1.82, 2.24) is 25.3 Å². The number of hydrogen-bond acceptors (Lipinski definition) is 4. The molecule has 0 spiro atoms. The van der Waals surface area contributed by atoms with Crippen molar-refractivity contribution in [2.45, 2.75) is 13.0 Å². The number of hydrogen-bond donors (Lipinski definition) is 2. The molecule has 2 aromatic rings. The SMILES string of the molecule is CCNC(c1cnccn1)c1ncc[nH]1. The standard InChI is InChI=1S/C10H13N5/c1-2-12-9(10-14-5-6-15-10)8-7-11-3-4-13-8/h3-7,9,12H,2H2,1H3,(H,14,15). The zero-order chi connectivity index (χ0) is 10.5. The van der Waals surface area contributed by atoms with Gasteiger partial charge in [-0.2, -0.15) is 0 Å². The normalized spacial score (nSPS) is 12.6. The highest BCUT2D eigenvalue weighted by atomic mass is 15.0.